The smallest absolute Gasteiger partial charge is 0.264 e. The molecule has 0 bridgehead atoms. The van der Waals surface area contributed by atoms with Crippen molar-refractivity contribution in [3.8, 4) is 0 Å². The van der Waals surface area contributed by atoms with Crippen LogP contribution < -0.4 is 5.32 Å². The van der Waals surface area contributed by atoms with E-state index in [-0.39, 0.29) is 17.9 Å². The third-order valence-corrected chi connectivity index (χ3v) is 6.47. The number of nitrogens with zero attached hydrogens (tertiary/aromatic N) is 2. The van der Waals surface area contributed by atoms with Gasteiger partial charge in [-0.3, -0.25) is 14.5 Å². The monoisotopic (exact) mass is 377 g/mol. The van der Waals surface area contributed by atoms with Gasteiger partial charge < -0.3 is 10.2 Å². The summed E-state index contributed by atoms with van der Waals surface area (Å²) in [7, 11) is 0. The maximum absolute atomic E-state index is 12.8. The van der Waals surface area contributed by atoms with Crippen molar-refractivity contribution in [2.75, 3.05) is 26.2 Å². The predicted molar refractivity (Wildman–Crippen MR) is 106 cm³/mol. The fourth-order valence-corrected chi connectivity index (χ4v) is 4.79. The lowest BCUT2D eigenvalue weighted by Gasteiger charge is -2.36. The maximum atomic E-state index is 12.8. The van der Waals surface area contributed by atoms with Crippen molar-refractivity contribution in [3.05, 3.63) is 22.4 Å². The van der Waals surface area contributed by atoms with E-state index in [0.717, 1.165) is 37.2 Å². The molecule has 0 aromatic carbocycles. The zero-order valence-electron chi connectivity index (χ0n) is 15.8. The predicted octanol–water partition coefficient (Wildman–Crippen LogP) is 3.12. The van der Waals surface area contributed by atoms with E-state index in [0.29, 0.717) is 19.1 Å². The summed E-state index contributed by atoms with van der Waals surface area (Å²) < 4.78 is 0. The van der Waals surface area contributed by atoms with Crippen molar-refractivity contribution in [3.63, 3.8) is 0 Å². The SMILES string of the molecule is CCCCN1CCCCC1CNC(=O)[C@@H]1CCCN1C(=O)c1cccs1. The van der Waals surface area contributed by atoms with Crippen LogP contribution in [0.1, 0.15) is 61.5 Å². The van der Waals surface area contributed by atoms with Crippen LogP contribution in [0.4, 0.5) is 0 Å². The third-order valence-electron chi connectivity index (χ3n) is 5.61. The second-order valence-electron chi connectivity index (χ2n) is 7.42. The normalized spacial score (nSPS) is 24.0. The zero-order valence-corrected chi connectivity index (χ0v) is 16.6. The number of nitrogens with one attached hydrogen (secondary N) is 1. The lowest BCUT2D eigenvalue weighted by Crippen LogP contribution is -2.51. The Balaban J connectivity index is 1.54. The minimum absolute atomic E-state index is 0.000103. The molecular weight excluding hydrogens is 346 g/mol. The fourth-order valence-electron chi connectivity index (χ4n) is 4.11. The van der Waals surface area contributed by atoms with Crippen molar-refractivity contribution in [2.24, 2.45) is 0 Å². The quantitative estimate of drug-likeness (QED) is 0.794. The standard InChI is InChI=1S/C20H31N3O2S/c1-2-3-11-22-12-5-4-8-16(22)15-21-19(24)17-9-6-13-23(17)20(25)18-10-7-14-26-18/h7,10,14,16-17H,2-6,8-9,11-13,15H2,1H3,(H,21,24)/t16?,17-/m0/s1. The number of carbonyl (C=O) groups is 2. The lowest BCUT2D eigenvalue weighted by atomic mass is 10.0. The number of unbranched alkanes of at least 4 members (excludes halogenated alkanes) is 1. The average Bonchev–Trinajstić information content (AvgIpc) is 3.36. The molecule has 3 heterocycles. The van der Waals surface area contributed by atoms with E-state index < -0.39 is 0 Å². The number of amides is 2. The van der Waals surface area contributed by atoms with Gasteiger partial charge in [0, 0.05) is 19.1 Å². The van der Waals surface area contributed by atoms with Gasteiger partial charge in [0.1, 0.15) is 6.04 Å². The largest absolute Gasteiger partial charge is 0.353 e. The fraction of sp³-hybridized carbons (Fsp3) is 0.700. The van der Waals surface area contributed by atoms with Gasteiger partial charge >= 0.3 is 0 Å². The molecule has 0 spiro atoms. The highest BCUT2D eigenvalue weighted by molar-refractivity contribution is 7.12. The Morgan fingerprint density at radius 3 is 2.88 bits per heavy atom. The van der Waals surface area contributed by atoms with Crippen LogP contribution in [0.15, 0.2) is 17.5 Å². The van der Waals surface area contributed by atoms with Gasteiger partial charge in [-0.1, -0.05) is 25.8 Å². The van der Waals surface area contributed by atoms with Gasteiger partial charge in [0.15, 0.2) is 0 Å². The third kappa shape index (κ3) is 4.65. The van der Waals surface area contributed by atoms with Crippen molar-refractivity contribution in [2.45, 2.75) is 64.0 Å². The number of rotatable bonds is 7. The van der Waals surface area contributed by atoms with Crippen molar-refractivity contribution in [1.82, 2.24) is 15.1 Å². The molecule has 6 heteroatoms. The Hall–Kier alpha value is -1.40. The van der Waals surface area contributed by atoms with Crippen molar-refractivity contribution >= 4 is 23.2 Å². The first kappa shape index (κ1) is 19.4. The van der Waals surface area contributed by atoms with Gasteiger partial charge in [-0.25, -0.2) is 0 Å². The Morgan fingerprint density at radius 1 is 1.23 bits per heavy atom. The second-order valence-corrected chi connectivity index (χ2v) is 8.37. The van der Waals surface area contributed by atoms with E-state index in [2.05, 4.69) is 17.1 Å². The Morgan fingerprint density at radius 2 is 2.12 bits per heavy atom. The molecule has 3 rings (SSSR count). The molecule has 2 aliphatic rings. The van der Waals surface area contributed by atoms with Crippen molar-refractivity contribution in [1.29, 1.82) is 0 Å². The molecule has 0 saturated carbocycles. The molecule has 1 aromatic rings. The zero-order chi connectivity index (χ0) is 18.4. The summed E-state index contributed by atoms with van der Waals surface area (Å²) in [5, 5.41) is 5.07. The van der Waals surface area contributed by atoms with Crippen LogP contribution in [0.25, 0.3) is 0 Å². The van der Waals surface area contributed by atoms with Crippen LogP contribution in [0.5, 0.6) is 0 Å². The van der Waals surface area contributed by atoms with E-state index in [1.165, 1.54) is 37.0 Å². The second kappa shape index (κ2) is 9.51. The topological polar surface area (TPSA) is 52.7 Å². The molecule has 0 aliphatic carbocycles. The summed E-state index contributed by atoms with van der Waals surface area (Å²) in [5.41, 5.74) is 0. The summed E-state index contributed by atoms with van der Waals surface area (Å²) in [6, 6.07) is 3.87. The van der Waals surface area contributed by atoms with E-state index in [9.17, 15) is 9.59 Å². The molecule has 2 saturated heterocycles. The number of carbonyl (C=O) groups excluding carboxylic acids is 2. The molecule has 26 heavy (non-hydrogen) atoms. The number of thiophene rings is 1. The Kier molecular flexibility index (Phi) is 7.08. The molecule has 2 amide bonds. The summed E-state index contributed by atoms with van der Waals surface area (Å²) >= 11 is 1.45. The number of hydrogen-bond donors (Lipinski definition) is 1. The summed E-state index contributed by atoms with van der Waals surface area (Å²) in [6.07, 6.45) is 7.77. The van der Waals surface area contributed by atoms with Gasteiger partial charge in [-0.2, -0.15) is 0 Å². The molecule has 1 unspecified atom stereocenters. The van der Waals surface area contributed by atoms with E-state index in [1.807, 2.05) is 17.5 Å². The minimum atomic E-state index is -0.308. The summed E-state index contributed by atoms with van der Waals surface area (Å²) in [5.74, 6) is 0.0216. The number of piperidine rings is 1. The molecule has 2 aliphatic heterocycles. The first-order chi connectivity index (χ1) is 12.7. The molecule has 1 aromatic heterocycles. The van der Waals surface area contributed by atoms with Crippen LogP contribution in [-0.4, -0.2) is 59.9 Å². The van der Waals surface area contributed by atoms with Gasteiger partial charge in [0.25, 0.3) is 5.91 Å². The average molecular weight is 378 g/mol. The number of likely N-dealkylation sites (tertiary alicyclic amines) is 2. The molecule has 1 N–H and O–H groups in total. The Bertz CT molecular complexity index is 590. The summed E-state index contributed by atoms with van der Waals surface area (Å²) in [6.45, 7) is 5.89. The van der Waals surface area contributed by atoms with Gasteiger partial charge in [0.2, 0.25) is 5.91 Å². The van der Waals surface area contributed by atoms with Gasteiger partial charge in [-0.05, 0) is 56.6 Å². The highest BCUT2D eigenvalue weighted by atomic mass is 32.1. The minimum Gasteiger partial charge on any atom is -0.353 e. The lowest BCUT2D eigenvalue weighted by molar-refractivity contribution is -0.125. The Labute approximate surface area is 160 Å². The van der Waals surface area contributed by atoms with E-state index in [4.69, 9.17) is 0 Å². The first-order valence-corrected chi connectivity index (χ1v) is 10.9. The van der Waals surface area contributed by atoms with Crippen molar-refractivity contribution < 1.29 is 9.59 Å². The molecule has 2 fully saturated rings. The molecule has 144 valence electrons. The highest BCUT2D eigenvalue weighted by Crippen LogP contribution is 2.23. The molecule has 0 radical (unpaired) electrons. The molecular formula is C20H31N3O2S. The van der Waals surface area contributed by atoms with Gasteiger partial charge in [-0.15, -0.1) is 11.3 Å². The summed E-state index contributed by atoms with van der Waals surface area (Å²) in [4.78, 5) is 30.4. The first-order valence-electron chi connectivity index (χ1n) is 10.1. The number of hydrogen-bond acceptors (Lipinski definition) is 4. The van der Waals surface area contributed by atoms with E-state index >= 15 is 0 Å². The van der Waals surface area contributed by atoms with E-state index in [1.54, 1.807) is 4.90 Å². The highest BCUT2D eigenvalue weighted by Gasteiger charge is 2.35. The molecule has 5 nitrogen and oxygen atoms in total. The molecule has 2 atom stereocenters. The maximum Gasteiger partial charge on any atom is 0.264 e. The van der Waals surface area contributed by atoms with Gasteiger partial charge in [0.05, 0.1) is 4.88 Å². The van der Waals surface area contributed by atoms with Crippen LogP contribution >= 0.6 is 11.3 Å². The van der Waals surface area contributed by atoms with Crippen LogP contribution in [0.3, 0.4) is 0 Å². The van der Waals surface area contributed by atoms with Crippen LogP contribution in [-0.2, 0) is 4.79 Å². The van der Waals surface area contributed by atoms with Crippen LogP contribution in [0.2, 0.25) is 0 Å². The van der Waals surface area contributed by atoms with Crippen LogP contribution in [0, 0.1) is 0 Å².